The minimum atomic E-state index is -0.277. The number of nitrogens with one attached hydrogen (secondary N) is 1. The van der Waals surface area contributed by atoms with E-state index in [1.165, 1.54) is 6.07 Å². The van der Waals surface area contributed by atoms with Gasteiger partial charge in [-0.3, -0.25) is 0 Å². The van der Waals surface area contributed by atoms with Crippen LogP contribution < -0.4 is 10.1 Å². The minimum absolute atomic E-state index is 0.277. The summed E-state index contributed by atoms with van der Waals surface area (Å²) < 4.78 is 19.0. The van der Waals surface area contributed by atoms with Crippen LogP contribution in [0.4, 0.5) is 4.39 Å². The van der Waals surface area contributed by atoms with E-state index in [0.29, 0.717) is 17.2 Å². The molecule has 0 spiro atoms. The zero-order valence-corrected chi connectivity index (χ0v) is 11.1. The van der Waals surface area contributed by atoms with Crippen molar-refractivity contribution in [3.05, 3.63) is 53.5 Å². The molecule has 3 nitrogen and oxygen atoms in total. The number of hydrogen-bond acceptors (Lipinski definition) is 3. The molecule has 0 aliphatic rings. The smallest absolute Gasteiger partial charge is 0.219 e. The maximum atomic E-state index is 13.4. The molecule has 0 amide bonds. The van der Waals surface area contributed by atoms with Gasteiger partial charge in [0.05, 0.1) is 0 Å². The van der Waals surface area contributed by atoms with Crippen molar-refractivity contribution in [1.82, 2.24) is 10.3 Å². The summed E-state index contributed by atoms with van der Waals surface area (Å²) >= 11 is 0. The van der Waals surface area contributed by atoms with Crippen molar-refractivity contribution in [2.75, 3.05) is 6.54 Å². The van der Waals surface area contributed by atoms with Gasteiger partial charge >= 0.3 is 0 Å². The highest BCUT2D eigenvalue weighted by molar-refractivity contribution is 5.32. The second kappa shape index (κ2) is 6.29. The molecule has 0 saturated carbocycles. The molecule has 0 aliphatic carbocycles. The van der Waals surface area contributed by atoms with Crippen LogP contribution in [0.3, 0.4) is 0 Å². The van der Waals surface area contributed by atoms with E-state index in [0.717, 1.165) is 18.7 Å². The first-order valence-corrected chi connectivity index (χ1v) is 6.28. The Morgan fingerprint density at radius 2 is 2.11 bits per heavy atom. The Morgan fingerprint density at radius 1 is 1.26 bits per heavy atom. The second-order valence-electron chi connectivity index (χ2n) is 4.30. The summed E-state index contributed by atoms with van der Waals surface area (Å²) in [5.41, 5.74) is 1.68. The van der Waals surface area contributed by atoms with Crippen LogP contribution in [-0.2, 0) is 6.54 Å². The number of halogens is 1. The van der Waals surface area contributed by atoms with Crippen LogP contribution in [0.2, 0.25) is 0 Å². The van der Waals surface area contributed by atoms with Gasteiger partial charge in [-0.1, -0.05) is 13.0 Å². The molecule has 2 rings (SSSR count). The Kier molecular flexibility index (Phi) is 4.47. The van der Waals surface area contributed by atoms with Crippen LogP contribution in [0.5, 0.6) is 11.6 Å². The van der Waals surface area contributed by atoms with Gasteiger partial charge in [-0.2, -0.15) is 0 Å². The van der Waals surface area contributed by atoms with E-state index < -0.39 is 0 Å². The highest BCUT2D eigenvalue weighted by atomic mass is 19.1. The molecule has 0 unspecified atom stereocenters. The van der Waals surface area contributed by atoms with Gasteiger partial charge < -0.3 is 10.1 Å². The summed E-state index contributed by atoms with van der Waals surface area (Å²) in [5, 5.41) is 3.23. The first-order chi connectivity index (χ1) is 9.19. The summed E-state index contributed by atoms with van der Waals surface area (Å²) in [7, 11) is 0. The molecule has 19 heavy (non-hydrogen) atoms. The lowest BCUT2D eigenvalue weighted by Crippen LogP contribution is -2.11. The van der Waals surface area contributed by atoms with Gasteiger partial charge in [0, 0.05) is 24.9 Å². The standard InChI is InChI=1S/C15H17FN2O/c1-3-17-10-12-6-7-18-15(8-12)19-13-5-4-11(2)14(16)9-13/h4-9,17H,3,10H2,1-2H3. The van der Waals surface area contributed by atoms with E-state index in [4.69, 9.17) is 4.74 Å². The lowest BCUT2D eigenvalue weighted by atomic mass is 10.2. The maximum Gasteiger partial charge on any atom is 0.219 e. The van der Waals surface area contributed by atoms with Crippen LogP contribution in [0, 0.1) is 12.7 Å². The fourth-order valence-corrected chi connectivity index (χ4v) is 1.64. The van der Waals surface area contributed by atoms with Gasteiger partial charge in [-0.25, -0.2) is 9.37 Å². The SMILES string of the molecule is CCNCc1ccnc(Oc2ccc(C)c(F)c2)c1. The van der Waals surface area contributed by atoms with Gasteiger partial charge in [-0.05, 0) is 36.7 Å². The monoisotopic (exact) mass is 260 g/mol. The first-order valence-electron chi connectivity index (χ1n) is 6.28. The molecule has 0 radical (unpaired) electrons. The van der Waals surface area contributed by atoms with Gasteiger partial charge in [0.1, 0.15) is 11.6 Å². The Balaban J connectivity index is 2.11. The Morgan fingerprint density at radius 3 is 2.84 bits per heavy atom. The summed E-state index contributed by atoms with van der Waals surface area (Å²) in [6, 6.07) is 8.56. The largest absolute Gasteiger partial charge is 0.439 e. The average Bonchev–Trinajstić information content (AvgIpc) is 2.41. The highest BCUT2D eigenvalue weighted by Crippen LogP contribution is 2.22. The predicted octanol–water partition coefficient (Wildman–Crippen LogP) is 3.43. The predicted molar refractivity (Wildman–Crippen MR) is 72.8 cm³/mol. The second-order valence-corrected chi connectivity index (χ2v) is 4.30. The van der Waals surface area contributed by atoms with Crippen LogP contribution in [0.15, 0.2) is 36.5 Å². The van der Waals surface area contributed by atoms with Gasteiger partial charge in [0.25, 0.3) is 0 Å². The molecule has 0 fully saturated rings. The third kappa shape index (κ3) is 3.76. The quantitative estimate of drug-likeness (QED) is 0.894. The zero-order chi connectivity index (χ0) is 13.7. The third-order valence-electron chi connectivity index (χ3n) is 2.74. The molecule has 0 bridgehead atoms. The Labute approximate surface area is 112 Å². The number of aromatic nitrogens is 1. The lowest BCUT2D eigenvalue weighted by molar-refractivity contribution is 0.456. The number of ether oxygens (including phenoxy) is 1. The molecule has 0 saturated heterocycles. The van der Waals surface area contributed by atoms with E-state index in [-0.39, 0.29) is 5.82 Å². The molecular formula is C15H17FN2O. The minimum Gasteiger partial charge on any atom is -0.439 e. The van der Waals surface area contributed by atoms with Crippen molar-refractivity contribution >= 4 is 0 Å². The average molecular weight is 260 g/mol. The van der Waals surface area contributed by atoms with Crippen molar-refractivity contribution < 1.29 is 9.13 Å². The summed E-state index contributed by atoms with van der Waals surface area (Å²) in [6.07, 6.45) is 1.69. The highest BCUT2D eigenvalue weighted by Gasteiger charge is 2.03. The van der Waals surface area contributed by atoms with E-state index >= 15 is 0 Å². The molecule has 2 aromatic rings. The van der Waals surface area contributed by atoms with Crippen LogP contribution in [0.25, 0.3) is 0 Å². The summed E-state index contributed by atoms with van der Waals surface area (Å²) in [4.78, 5) is 4.12. The molecular weight excluding hydrogens is 243 g/mol. The van der Waals surface area contributed by atoms with Gasteiger partial charge in [0.2, 0.25) is 5.88 Å². The van der Waals surface area contributed by atoms with Crippen LogP contribution in [0.1, 0.15) is 18.1 Å². The first kappa shape index (κ1) is 13.5. The fourth-order valence-electron chi connectivity index (χ4n) is 1.64. The van der Waals surface area contributed by atoms with Crippen molar-refractivity contribution in [1.29, 1.82) is 0 Å². The van der Waals surface area contributed by atoms with Crippen molar-refractivity contribution in [3.8, 4) is 11.6 Å². The van der Waals surface area contributed by atoms with Crippen molar-refractivity contribution in [3.63, 3.8) is 0 Å². The molecule has 1 heterocycles. The van der Waals surface area contributed by atoms with E-state index in [2.05, 4.69) is 10.3 Å². The third-order valence-corrected chi connectivity index (χ3v) is 2.74. The van der Waals surface area contributed by atoms with Crippen LogP contribution in [-0.4, -0.2) is 11.5 Å². The molecule has 1 aromatic heterocycles. The fraction of sp³-hybridized carbons (Fsp3) is 0.267. The van der Waals surface area contributed by atoms with Gasteiger partial charge in [0.15, 0.2) is 0 Å². The number of benzene rings is 1. The van der Waals surface area contributed by atoms with Gasteiger partial charge in [-0.15, -0.1) is 0 Å². The van der Waals surface area contributed by atoms with E-state index in [9.17, 15) is 4.39 Å². The van der Waals surface area contributed by atoms with E-state index in [1.54, 1.807) is 25.3 Å². The molecule has 0 aliphatic heterocycles. The topological polar surface area (TPSA) is 34.2 Å². The number of hydrogen-bond donors (Lipinski definition) is 1. The molecule has 1 N–H and O–H groups in total. The number of nitrogens with zero attached hydrogens (tertiary/aromatic N) is 1. The number of rotatable bonds is 5. The van der Waals surface area contributed by atoms with E-state index in [1.807, 2.05) is 19.1 Å². The summed E-state index contributed by atoms with van der Waals surface area (Å²) in [6.45, 7) is 5.43. The Hall–Kier alpha value is -1.94. The summed E-state index contributed by atoms with van der Waals surface area (Å²) in [5.74, 6) is 0.649. The molecule has 0 atom stereocenters. The van der Waals surface area contributed by atoms with Crippen LogP contribution >= 0.6 is 0 Å². The molecule has 4 heteroatoms. The normalized spacial score (nSPS) is 10.5. The maximum absolute atomic E-state index is 13.4. The van der Waals surface area contributed by atoms with Crippen molar-refractivity contribution in [2.24, 2.45) is 0 Å². The zero-order valence-electron chi connectivity index (χ0n) is 11.1. The molecule has 100 valence electrons. The van der Waals surface area contributed by atoms with Crippen molar-refractivity contribution in [2.45, 2.75) is 20.4 Å². The lowest BCUT2D eigenvalue weighted by Gasteiger charge is -2.07. The Bertz CT molecular complexity index is 558. The number of pyridine rings is 1. The molecule has 1 aromatic carbocycles. The number of aryl methyl sites for hydroxylation is 1.